The highest BCUT2D eigenvalue weighted by Crippen LogP contribution is 2.27. The molecule has 37 heavy (non-hydrogen) atoms. The molecule has 0 aliphatic rings. The Hall–Kier alpha value is -3.51. The van der Waals surface area contributed by atoms with E-state index in [9.17, 15) is 4.79 Å². The molecule has 5 N–H and O–H groups in total. The highest BCUT2D eigenvalue weighted by Gasteiger charge is 2.35. The van der Waals surface area contributed by atoms with E-state index in [0.717, 1.165) is 38.2 Å². The Morgan fingerprint density at radius 3 is 1.70 bits per heavy atom. The molecule has 12 heteroatoms. The van der Waals surface area contributed by atoms with Crippen LogP contribution in [-0.2, 0) is 28.7 Å². The van der Waals surface area contributed by atoms with Crippen LogP contribution in [0.25, 0.3) is 0 Å². The largest absolute Gasteiger partial charge is 0.539 e. The number of ether oxygens (including phenoxy) is 1. The first kappa shape index (κ1) is 35.7. The number of rotatable bonds is 11. The number of aliphatic carboxylic acids is 4. The van der Waals surface area contributed by atoms with Gasteiger partial charge in [0.25, 0.3) is 0 Å². The third kappa shape index (κ3) is 15.3. The quantitative estimate of drug-likeness (QED) is 0.172. The second-order valence-electron chi connectivity index (χ2n) is 8.55. The van der Waals surface area contributed by atoms with E-state index in [-0.39, 0.29) is 17.9 Å². The van der Waals surface area contributed by atoms with Gasteiger partial charge in [-0.25, -0.2) is 14.4 Å². The highest BCUT2D eigenvalue weighted by molar-refractivity contribution is 6.26. The zero-order chi connectivity index (χ0) is 29.2. The molecular formula is C25H40N2O10. The average molecular weight is 529 g/mol. The predicted octanol–water partition coefficient (Wildman–Crippen LogP) is -2.77. The van der Waals surface area contributed by atoms with E-state index >= 15 is 0 Å². The summed E-state index contributed by atoms with van der Waals surface area (Å²) in [5, 5.41) is 34.8. The number of carboxylic acids is 4. The molecule has 0 fully saturated rings. The van der Waals surface area contributed by atoms with Crippen molar-refractivity contribution in [2.75, 3.05) is 26.2 Å². The van der Waals surface area contributed by atoms with E-state index in [1.54, 1.807) is 4.90 Å². The van der Waals surface area contributed by atoms with Crippen LogP contribution >= 0.6 is 0 Å². The summed E-state index contributed by atoms with van der Waals surface area (Å²) in [5.74, 6) is -7.85. The van der Waals surface area contributed by atoms with Gasteiger partial charge in [0.05, 0.1) is 13.1 Å². The molecule has 0 saturated heterocycles. The van der Waals surface area contributed by atoms with Crippen LogP contribution in [0.2, 0.25) is 0 Å². The molecule has 1 aromatic rings. The van der Waals surface area contributed by atoms with Crippen LogP contribution in [0.1, 0.15) is 59.6 Å². The lowest BCUT2D eigenvalue weighted by molar-refractivity contribution is -0.910. The molecule has 0 radical (unpaired) electrons. The maximum Gasteiger partial charge on any atom is 0.370 e. The van der Waals surface area contributed by atoms with Crippen molar-refractivity contribution in [3.05, 3.63) is 35.9 Å². The number of nitrogens with one attached hydrogen (secondary N) is 1. The van der Waals surface area contributed by atoms with Crippen LogP contribution in [0.3, 0.4) is 0 Å². The summed E-state index contributed by atoms with van der Waals surface area (Å²) >= 11 is 0. The topological polar surface area (TPSA) is 202 Å². The Balaban J connectivity index is 0. The van der Waals surface area contributed by atoms with Crippen molar-refractivity contribution in [3.8, 4) is 0 Å². The van der Waals surface area contributed by atoms with E-state index in [4.69, 9.17) is 44.3 Å². The summed E-state index contributed by atoms with van der Waals surface area (Å²) in [6.07, 6.45) is 0.821. The molecule has 1 aromatic carbocycles. The van der Waals surface area contributed by atoms with Gasteiger partial charge in [0.15, 0.2) is 11.9 Å². The summed E-state index contributed by atoms with van der Waals surface area (Å²) in [6.45, 7) is 17.0. The Labute approximate surface area is 217 Å². The molecule has 2 atom stereocenters. The molecule has 0 aliphatic carbocycles. The number of quaternary nitrogens is 2. The van der Waals surface area contributed by atoms with Gasteiger partial charge in [-0.1, -0.05) is 51.1 Å². The SMILES string of the molecule is CC[NH+](CC)CC[NH2+]C(C(=O)OC(C)(CC)C(C)C)c1ccccc1.O=C([O-])C(=O)O.O=C([O-])C(=O)O. The first-order valence-corrected chi connectivity index (χ1v) is 12.0. The normalized spacial score (nSPS) is 12.6. The Morgan fingerprint density at radius 1 is 0.946 bits per heavy atom. The molecule has 0 spiro atoms. The predicted molar refractivity (Wildman–Crippen MR) is 128 cm³/mol. The maximum absolute atomic E-state index is 13.0. The summed E-state index contributed by atoms with van der Waals surface area (Å²) in [6, 6.07) is 9.70. The van der Waals surface area contributed by atoms with Crippen LogP contribution in [0.5, 0.6) is 0 Å². The van der Waals surface area contributed by atoms with Crippen molar-refractivity contribution in [3.63, 3.8) is 0 Å². The van der Waals surface area contributed by atoms with Crippen LogP contribution in [0, 0.1) is 5.92 Å². The van der Waals surface area contributed by atoms with Crippen LogP contribution in [0.15, 0.2) is 30.3 Å². The molecule has 210 valence electrons. The van der Waals surface area contributed by atoms with Gasteiger partial charge >= 0.3 is 17.9 Å². The molecule has 0 aliphatic heterocycles. The number of carbonyl (C=O) groups excluding carboxylic acids is 3. The number of hydrogen-bond donors (Lipinski definition) is 4. The number of hydrogen-bond acceptors (Lipinski definition) is 8. The van der Waals surface area contributed by atoms with E-state index in [1.165, 1.54) is 0 Å². The third-order valence-electron chi connectivity index (χ3n) is 5.92. The number of nitrogens with two attached hydrogens (primary N) is 1. The molecular weight excluding hydrogens is 488 g/mol. The van der Waals surface area contributed by atoms with Gasteiger partial charge in [-0.2, -0.15) is 0 Å². The second-order valence-corrected chi connectivity index (χ2v) is 8.55. The van der Waals surface area contributed by atoms with E-state index in [1.807, 2.05) is 37.3 Å². The molecule has 1 rings (SSSR count). The van der Waals surface area contributed by atoms with Crippen molar-refractivity contribution in [2.45, 2.75) is 59.6 Å². The Morgan fingerprint density at radius 2 is 1.38 bits per heavy atom. The van der Waals surface area contributed by atoms with Gasteiger partial charge in [-0.05, 0) is 33.1 Å². The zero-order valence-electron chi connectivity index (χ0n) is 22.3. The zero-order valence-corrected chi connectivity index (χ0v) is 22.3. The van der Waals surface area contributed by atoms with Gasteiger partial charge < -0.3 is 45.0 Å². The Kier molecular flexibility index (Phi) is 18.0. The smallest absolute Gasteiger partial charge is 0.370 e. The van der Waals surface area contributed by atoms with Gasteiger partial charge in [0.2, 0.25) is 6.04 Å². The lowest BCUT2D eigenvalue weighted by Gasteiger charge is -2.33. The van der Waals surface area contributed by atoms with Crippen molar-refractivity contribution < 1.29 is 59.4 Å². The van der Waals surface area contributed by atoms with Crippen molar-refractivity contribution in [1.29, 1.82) is 0 Å². The van der Waals surface area contributed by atoms with Gasteiger partial charge in [-0.3, -0.25) is 0 Å². The highest BCUT2D eigenvalue weighted by atomic mass is 16.6. The number of carbonyl (C=O) groups is 5. The Bertz CT molecular complexity index is 808. The molecule has 0 amide bonds. The average Bonchev–Trinajstić information content (AvgIpc) is 2.85. The summed E-state index contributed by atoms with van der Waals surface area (Å²) in [7, 11) is 0. The maximum atomic E-state index is 13.0. The van der Waals surface area contributed by atoms with Crippen LogP contribution in [-0.4, -0.2) is 71.8 Å². The van der Waals surface area contributed by atoms with Crippen molar-refractivity contribution in [1.82, 2.24) is 0 Å². The minimum Gasteiger partial charge on any atom is -0.539 e. The molecule has 0 heterocycles. The minimum absolute atomic E-state index is 0.126. The summed E-state index contributed by atoms with van der Waals surface area (Å²) in [5.41, 5.74) is 0.603. The monoisotopic (exact) mass is 528 g/mol. The fraction of sp³-hybridized carbons (Fsp3) is 0.560. The van der Waals surface area contributed by atoms with E-state index < -0.39 is 29.5 Å². The summed E-state index contributed by atoms with van der Waals surface area (Å²) in [4.78, 5) is 50.6. The second kappa shape index (κ2) is 18.7. The standard InChI is InChI=1S/C21H36N2O2.2C2H2O4/c1-7-21(6,17(4)5)25-20(24)19(18-13-11-10-12-14-18)22-15-16-23(8-2)9-3;2*3-1(4)2(5)6/h10-14,17,19,22H,7-9,15-16H2,1-6H3;2*(H,3,4)(H,5,6). The summed E-state index contributed by atoms with van der Waals surface area (Å²) < 4.78 is 6.00. The van der Waals surface area contributed by atoms with Gasteiger partial charge in [0, 0.05) is 5.56 Å². The van der Waals surface area contributed by atoms with E-state index in [0.29, 0.717) is 0 Å². The van der Waals surface area contributed by atoms with Crippen molar-refractivity contribution >= 4 is 29.8 Å². The van der Waals surface area contributed by atoms with E-state index in [2.05, 4.69) is 39.9 Å². The third-order valence-corrected chi connectivity index (χ3v) is 5.92. The lowest BCUT2D eigenvalue weighted by atomic mass is 9.89. The molecule has 0 aromatic heterocycles. The van der Waals surface area contributed by atoms with Gasteiger partial charge in [-0.15, -0.1) is 0 Å². The number of carboxylic acid groups (broad SMARTS) is 4. The van der Waals surface area contributed by atoms with Crippen molar-refractivity contribution in [2.24, 2.45) is 5.92 Å². The number of esters is 1. The molecule has 0 bridgehead atoms. The fourth-order valence-electron chi connectivity index (χ4n) is 2.98. The first-order chi connectivity index (χ1) is 17.2. The number of benzene rings is 1. The number of likely N-dealkylation sites (N-methyl/N-ethyl adjacent to an activating group) is 1. The minimum atomic E-state index is -2.07. The first-order valence-electron chi connectivity index (χ1n) is 12.0. The van der Waals surface area contributed by atoms with Crippen LogP contribution in [0.4, 0.5) is 0 Å². The molecule has 12 nitrogen and oxygen atoms in total. The van der Waals surface area contributed by atoms with Gasteiger partial charge in [0.1, 0.15) is 18.7 Å². The lowest BCUT2D eigenvalue weighted by Crippen LogP contribution is -3.14. The van der Waals surface area contributed by atoms with Crippen LogP contribution < -0.4 is 20.4 Å². The molecule has 0 saturated carbocycles. The fourth-order valence-corrected chi connectivity index (χ4v) is 2.98. The molecule has 2 unspecified atom stereocenters.